The predicted molar refractivity (Wildman–Crippen MR) is 74.6 cm³/mol. The topological polar surface area (TPSA) is 12.0 Å². The first-order chi connectivity index (χ1) is 8.33. The van der Waals surface area contributed by atoms with Crippen LogP contribution in [0.25, 0.3) is 0 Å². The van der Waals surface area contributed by atoms with Crippen molar-refractivity contribution in [1.29, 1.82) is 0 Å². The maximum atomic E-state index is 3.69. The second-order valence-electron chi connectivity index (χ2n) is 4.84. The van der Waals surface area contributed by atoms with Gasteiger partial charge in [0.15, 0.2) is 0 Å². The quantitative estimate of drug-likeness (QED) is 0.826. The third-order valence-electron chi connectivity index (χ3n) is 3.28. The molecule has 1 atom stereocenters. The highest BCUT2D eigenvalue weighted by molar-refractivity contribution is 7.10. The maximum Gasteiger partial charge on any atom is 0.0634 e. The lowest BCUT2D eigenvalue weighted by Gasteiger charge is -2.18. The van der Waals surface area contributed by atoms with E-state index in [-0.39, 0.29) is 0 Å². The summed E-state index contributed by atoms with van der Waals surface area (Å²) in [6, 6.07) is 13.6. The van der Waals surface area contributed by atoms with Crippen LogP contribution in [0.4, 0.5) is 5.69 Å². The number of hydrogen-bond donors (Lipinski definition) is 1. The highest BCUT2D eigenvalue weighted by Crippen LogP contribution is 2.44. The lowest BCUT2D eigenvalue weighted by molar-refractivity contribution is 0.691. The first-order valence-electron chi connectivity index (χ1n) is 6.19. The third-order valence-corrected chi connectivity index (χ3v) is 4.24. The smallest absolute Gasteiger partial charge is 0.0634 e. The predicted octanol–water partition coefficient (Wildman–Crippen LogP) is 4.62. The molecule has 0 amide bonds. The molecule has 0 spiro atoms. The zero-order valence-electron chi connectivity index (χ0n) is 10.0. The van der Waals surface area contributed by atoms with Crippen molar-refractivity contribution in [2.24, 2.45) is 5.92 Å². The molecule has 1 nitrogen and oxygen atoms in total. The summed E-state index contributed by atoms with van der Waals surface area (Å²) in [5, 5.41) is 5.86. The van der Waals surface area contributed by atoms with Gasteiger partial charge in [-0.3, -0.25) is 0 Å². The number of aryl methyl sites for hydroxylation is 1. The van der Waals surface area contributed by atoms with Crippen LogP contribution in [0.5, 0.6) is 0 Å². The van der Waals surface area contributed by atoms with Gasteiger partial charge in [-0.2, -0.15) is 0 Å². The molecule has 17 heavy (non-hydrogen) atoms. The fraction of sp³-hybridized carbons (Fsp3) is 0.333. The van der Waals surface area contributed by atoms with Crippen molar-refractivity contribution < 1.29 is 0 Å². The molecule has 0 aliphatic heterocycles. The Hall–Kier alpha value is -1.28. The maximum absolute atomic E-state index is 3.69. The average Bonchev–Trinajstić information content (AvgIpc) is 3.01. The number of thiophene rings is 1. The molecule has 0 bridgehead atoms. The molecular formula is C15H17NS. The second-order valence-corrected chi connectivity index (χ2v) is 5.82. The Kier molecular flexibility index (Phi) is 2.89. The van der Waals surface area contributed by atoms with Crippen LogP contribution in [0.2, 0.25) is 0 Å². The highest BCUT2D eigenvalue weighted by Gasteiger charge is 2.32. The fourth-order valence-corrected chi connectivity index (χ4v) is 3.10. The van der Waals surface area contributed by atoms with Crippen molar-refractivity contribution in [2.75, 3.05) is 5.32 Å². The first kappa shape index (κ1) is 10.8. The van der Waals surface area contributed by atoms with E-state index in [1.54, 1.807) is 0 Å². The molecule has 2 heteroatoms. The van der Waals surface area contributed by atoms with Crippen LogP contribution in [-0.2, 0) is 0 Å². The molecule has 1 aliphatic rings. The van der Waals surface area contributed by atoms with Gasteiger partial charge in [0.1, 0.15) is 0 Å². The molecule has 3 rings (SSSR count). The van der Waals surface area contributed by atoms with Crippen LogP contribution in [0.3, 0.4) is 0 Å². The van der Waals surface area contributed by atoms with E-state index in [2.05, 4.69) is 54.0 Å². The highest BCUT2D eigenvalue weighted by atomic mass is 32.1. The average molecular weight is 243 g/mol. The molecular weight excluding hydrogens is 226 g/mol. The molecule has 1 heterocycles. The summed E-state index contributed by atoms with van der Waals surface area (Å²) in [5.41, 5.74) is 2.56. The Morgan fingerprint density at radius 3 is 2.76 bits per heavy atom. The van der Waals surface area contributed by atoms with E-state index < -0.39 is 0 Å². The lowest BCUT2D eigenvalue weighted by Crippen LogP contribution is -2.11. The van der Waals surface area contributed by atoms with Gasteiger partial charge >= 0.3 is 0 Å². The fourth-order valence-electron chi connectivity index (χ4n) is 2.23. The summed E-state index contributed by atoms with van der Waals surface area (Å²) in [6.45, 7) is 2.14. The zero-order valence-corrected chi connectivity index (χ0v) is 10.8. The third kappa shape index (κ3) is 2.52. The molecule has 1 aromatic carbocycles. The SMILES string of the molecule is Cc1cccc(NC(c2cccs2)C2CC2)c1. The number of benzene rings is 1. The Balaban J connectivity index is 1.81. The molecule has 2 aromatic rings. The Morgan fingerprint density at radius 1 is 1.24 bits per heavy atom. The van der Waals surface area contributed by atoms with Crippen LogP contribution in [0.15, 0.2) is 41.8 Å². The summed E-state index contributed by atoms with van der Waals surface area (Å²) in [4.78, 5) is 1.47. The number of rotatable bonds is 4. The van der Waals surface area contributed by atoms with Crippen LogP contribution in [0.1, 0.15) is 29.3 Å². The Morgan fingerprint density at radius 2 is 2.12 bits per heavy atom. The second kappa shape index (κ2) is 4.53. The summed E-state index contributed by atoms with van der Waals surface area (Å²) in [5.74, 6) is 0.828. The van der Waals surface area contributed by atoms with Crippen molar-refractivity contribution in [1.82, 2.24) is 0 Å². The summed E-state index contributed by atoms with van der Waals surface area (Å²) in [6.07, 6.45) is 2.72. The summed E-state index contributed by atoms with van der Waals surface area (Å²) in [7, 11) is 0. The Labute approximate surface area is 106 Å². The first-order valence-corrected chi connectivity index (χ1v) is 7.07. The van der Waals surface area contributed by atoms with E-state index >= 15 is 0 Å². The van der Waals surface area contributed by atoms with Crippen LogP contribution < -0.4 is 5.32 Å². The molecule has 1 fully saturated rings. The van der Waals surface area contributed by atoms with Crippen LogP contribution in [-0.4, -0.2) is 0 Å². The largest absolute Gasteiger partial charge is 0.377 e. The van der Waals surface area contributed by atoms with Gasteiger partial charge in [-0.15, -0.1) is 11.3 Å². The van der Waals surface area contributed by atoms with Gasteiger partial charge < -0.3 is 5.32 Å². The van der Waals surface area contributed by atoms with Gasteiger partial charge in [0.25, 0.3) is 0 Å². The van der Waals surface area contributed by atoms with E-state index in [1.807, 2.05) is 11.3 Å². The van der Waals surface area contributed by atoms with Crippen LogP contribution in [0, 0.1) is 12.8 Å². The van der Waals surface area contributed by atoms with Gasteiger partial charge in [-0.05, 0) is 54.8 Å². The van der Waals surface area contributed by atoms with E-state index in [9.17, 15) is 0 Å². The zero-order chi connectivity index (χ0) is 11.7. The summed E-state index contributed by atoms with van der Waals surface area (Å²) < 4.78 is 0. The number of nitrogens with one attached hydrogen (secondary N) is 1. The van der Waals surface area contributed by atoms with Crippen molar-refractivity contribution >= 4 is 17.0 Å². The van der Waals surface area contributed by atoms with E-state index in [4.69, 9.17) is 0 Å². The summed E-state index contributed by atoms with van der Waals surface area (Å²) >= 11 is 1.86. The molecule has 1 saturated carbocycles. The number of hydrogen-bond acceptors (Lipinski definition) is 2. The van der Waals surface area contributed by atoms with Gasteiger partial charge in [-0.1, -0.05) is 18.2 Å². The van der Waals surface area contributed by atoms with Gasteiger partial charge in [0.2, 0.25) is 0 Å². The minimum Gasteiger partial charge on any atom is -0.377 e. The molecule has 0 saturated heterocycles. The molecule has 1 aromatic heterocycles. The minimum absolute atomic E-state index is 0.511. The van der Waals surface area contributed by atoms with Gasteiger partial charge in [-0.25, -0.2) is 0 Å². The molecule has 1 unspecified atom stereocenters. The van der Waals surface area contributed by atoms with E-state index in [0.717, 1.165) is 5.92 Å². The van der Waals surface area contributed by atoms with Crippen LogP contribution >= 0.6 is 11.3 Å². The molecule has 0 radical (unpaired) electrons. The van der Waals surface area contributed by atoms with Crippen molar-refractivity contribution in [3.05, 3.63) is 52.2 Å². The van der Waals surface area contributed by atoms with Crippen molar-refractivity contribution in [2.45, 2.75) is 25.8 Å². The van der Waals surface area contributed by atoms with Gasteiger partial charge in [0.05, 0.1) is 6.04 Å². The Bertz CT molecular complexity index is 485. The molecule has 1 aliphatic carbocycles. The van der Waals surface area contributed by atoms with Crippen molar-refractivity contribution in [3.8, 4) is 0 Å². The molecule has 1 N–H and O–H groups in total. The number of anilines is 1. The van der Waals surface area contributed by atoms with E-state index in [1.165, 1.54) is 29.0 Å². The monoisotopic (exact) mass is 243 g/mol. The standard InChI is InChI=1S/C15H17NS/c1-11-4-2-5-13(10-11)16-15(12-7-8-12)14-6-3-9-17-14/h2-6,9-10,12,15-16H,7-8H2,1H3. The minimum atomic E-state index is 0.511. The normalized spacial score (nSPS) is 16.8. The van der Waals surface area contributed by atoms with Crippen molar-refractivity contribution in [3.63, 3.8) is 0 Å². The molecule has 88 valence electrons. The van der Waals surface area contributed by atoms with Gasteiger partial charge in [0, 0.05) is 10.6 Å². The van der Waals surface area contributed by atoms with E-state index in [0.29, 0.717) is 6.04 Å². The lowest BCUT2D eigenvalue weighted by atomic mass is 10.1.